The summed E-state index contributed by atoms with van der Waals surface area (Å²) < 4.78 is 27.6. The van der Waals surface area contributed by atoms with Gasteiger partial charge in [-0.1, -0.05) is 32.9 Å². The molecule has 0 aliphatic heterocycles. The summed E-state index contributed by atoms with van der Waals surface area (Å²) in [5.74, 6) is -0.218. The van der Waals surface area contributed by atoms with Crippen LogP contribution in [0.4, 0.5) is 0 Å². The summed E-state index contributed by atoms with van der Waals surface area (Å²) in [5, 5.41) is 7.69. The summed E-state index contributed by atoms with van der Waals surface area (Å²) in [4.78, 5) is 24.1. The Bertz CT molecular complexity index is 789. The largest absolute Gasteiger partial charge is 0.455 e. The minimum absolute atomic E-state index is 0.0117. The Balaban J connectivity index is 1.72. The van der Waals surface area contributed by atoms with Crippen LogP contribution < -0.4 is 10.5 Å². The summed E-state index contributed by atoms with van der Waals surface area (Å²) in [6, 6.07) is 5.90. The van der Waals surface area contributed by atoms with Crippen LogP contribution in [-0.4, -0.2) is 26.9 Å². The van der Waals surface area contributed by atoms with Crippen molar-refractivity contribution in [2.45, 2.75) is 57.9 Å². The second-order valence-corrected chi connectivity index (χ2v) is 10.0. The van der Waals surface area contributed by atoms with Gasteiger partial charge in [0.1, 0.15) is 0 Å². The maximum absolute atomic E-state index is 12.2. The van der Waals surface area contributed by atoms with Crippen molar-refractivity contribution in [2.24, 2.45) is 22.4 Å². The zero-order chi connectivity index (χ0) is 20.9. The van der Waals surface area contributed by atoms with Gasteiger partial charge in [-0.15, -0.1) is 0 Å². The van der Waals surface area contributed by atoms with Crippen LogP contribution in [0.3, 0.4) is 0 Å². The first kappa shape index (κ1) is 22.4. The lowest BCUT2D eigenvalue weighted by atomic mass is 9.70. The third kappa shape index (κ3) is 6.60. The summed E-state index contributed by atoms with van der Waals surface area (Å²) in [7, 11) is -3.74. The number of hydrogen-bond donors (Lipinski definition) is 2. The molecule has 28 heavy (non-hydrogen) atoms. The van der Waals surface area contributed by atoms with E-state index in [0.717, 1.165) is 25.7 Å². The van der Waals surface area contributed by atoms with E-state index in [2.05, 4.69) is 26.1 Å². The molecule has 0 spiro atoms. The zero-order valence-corrected chi connectivity index (χ0v) is 17.6. The van der Waals surface area contributed by atoms with E-state index in [4.69, 9.17) is 9.88 Å². The first-order valence-corrected chi connectivity index (χ1v) is 11.1. The predicted molar refractivity (Wildman–Crippen MR) is 106 cm³/mol. The molecule has 7 nitrogen and oxygen atoms in total. The van der Waals surface area contributed by atoms with E-state index in [1.54, 1.807) is 12.1 Å². The molecule has 1 aliphatic rings. The Labute approximate surface area is 167 Å². The third-order valence-corrected chi connectivity index (χ3v) is 6.30. The fraction of sp³-hybridized carbons (Fsp3) is 0.600. The highest BCUT2D eigenvalue weighted by atomic mass is 32.2. The molecule has 0 aromatic heterocycles. The van der Waals surface area contributed by atoms with Crippen LogP contribution in [0.5, 0.6) is 0 Å². The Morgan fingerprint density at radius 1 is 1.11 bits per heavy atom. The number of esters is 1. The van der Waals surface area contributed by atoms with Crippen molar-refractivity contribution >= 4 is 21.9 Å². The van der Waals surface area contributed by atoms with Gasteiger partial charge in [0.25, 0.3) is 5.91 Å². The second kappa shape index (κ2) is 9.05. The van der Waals surface area contributed by atoms with Crippen LogP contribution in [0.1, 0.15) is 52.0 Å². The molecule has 0 saturated heterocycles. The number of rotatable bonds is 6. The van der Waals surface area contributed by atoms with Gasteiger partial charge in [-0.05, 0) is 54.7 Å². The number of amides is 1. The molecule has 1 aliphatic carbocycles. The average molecular weight is 411 g/mol. The molecule has 0 radical (unpaired) electrons. The summed E-state index contributed by atoms with van der Waals surface area (Å²) >= 11 is 0. The van der Waals surface area contributed by atoms with Gasteiger partial charge < -0.3 is 10.1 Å². The fourth-order valence-corrected chi connectivity index (χ4v) is 4.01. The van der Waals surface area contributed by atoms with Crippen molar-refractivity contribution in [1.29, 1.82) is 0 Å². The molecule has 2 rings (SSSR count). The van der Waals surface area contributed by atoms with Gasteiger partial charge in [0.15, 0.2) is 6.61 Å². The SMILES string of the molecule is CC(C)(C)C1CCC(C(=O)OCC(=O)NCc2ccc(S(N)(=O)=O)cc2)CC1. The topological polar surface area (TPSA) is 116 Å². The number of carbonyl (C=O) groups excluding carboxylic acids is 2. The first-order valence-electron chi connectivity index (χ1n) is 9.52. The van der Waals surface area contributed by atoms with Crippen molar-refractivity contribution in [3.8, 4) is 0 Å². The van der Waals surface area contributed by atoms with Crippen molar-refractivity contribution in [1.82, 2.24) is 5.32 Å². The lowest BCUT2D eigenvalue weighted by Gasteiger charge is -2.36. The maximum atomic E-state index is 12.2. The third-order valence-electron chi connectivity index (χ3n) is 5.37. The molecular formula is C20H30N2O5S. The molecule has 1 aromatic rings. The number of ether oxygens (including phenoxy) is 1. The highest BCUT2D eigenvalue weighted by Gasteiger charge is 2.33. The van der Waals surface area contributed by atoms with Gasteiger partial charge in [-0.3, -0.25) is 9.59 Å². The number of benzene rings is 1. The Hall–Kier alpha value is -1.93. The second-order valence-electron chi connectivity index (χ2n) is 8.49. The molecule has 1 saturated carbocycles. The van der Waals surface area contributed by atoms with Crippen molar-refractivity contribution in [3.63, 3.8) is 0 Å². The van der Waals surface area contributed by atoms with Crippen LogP contribution in [0.15, 0.2) is 29.2 Å². The quantitative estimate of drug-likeness (QED) is 0.699. The van der Waals surface area contributed by atoms with Crippen LogP contribution in [0.25, 0.3) is 0 Å². The normalized spacial score (nSPS) is 20.4. The summed E-state index contributed by atoms with van der Waals surface area (Å²) in [6.07, 6.45) is 3.62. The van der Waals surface area contributed by atoms with Gasteiger partial charge in [0.2, 0.25) is 10.0 Å². The maximum Gasteiger partial charge on any atom is 0.309 e. The molecule has 0 bridgehead atoms. The van der Waals surface area contributed by atoms with Gasteiger partial charge in [-0.2, -0.15) is 0 Å². The lowest BCUT2D eigenvalue weighted by Crippen LogP contribution is -2.32. The van der Waals surface area contributed by atoms with E-state index in [1.165, 1.54) is 12.1 Å². The van der Waals surface area contributed by atoms with Gasteiger partial charge in [-0.25, -0.2) is 13.6 Å². The molecule has 3 N–H and O–H groups in total. The van der Waals surface area contributed by atoms with Crippen LogP contribution in [0.2, 0.25) is 0 Å². The van der Waals surface area contributed by atoms with Crippen molar-refractivity contribution in [2.75, 3.05) is 6.61 Å². The van der Waals surface area contributed by atoms with Gasteiger partial charge in [0, 0.05) is 6.54 Å². The smallest absolute Gasteiger partial charge is 0.309 e. The van der Waals surface area contributed by atoms with Crippen LogP contribution in [0, 0.1) is 17.3 Å². The van der Waals surface area contributed by atoms with Crippen molar-refractivity contribution < 1.29 is 22.7 Å². The van der Waals surface area contributed by atoms with Crippen LogP contribution >= 0.6 is 0 Å². The fourth-order valence-electron chi connectivity index (χ4n) is 3.50. The van der Waals surface area contributed by atoms with E-state index < -0.39 is 15.9 Å². The molecule has 1 aromatic carbocycles. The predicted octanol–water partition coefficient (Wildman–Crippen LogP) is 2.35. The number of nitrogens with two attached hydrogens (primary N) is 1. The van der Waals surface area contributed by atoms with Crippen LogP contribution in [-0.2, 0) is 30.9 Å². The first-order chi connectivity index (χ1) is 13.0. The summed E-state index contributed by atoms with van der Waals surface area (Å²) in [5.41, 5.74) is 0.967. The molecular weight excluding hydrogens is 380 g/mol. The van der Waals surface area contributed by atoms with E-state index >= 15 is 0 Å². The monoisotopic (exact) mass is 410 g/mol. The minimum Gasteiger partial charge on any atom is -0.455 e. The number of hydrogen-bond acceptors (Lipinski definition) is 5. The average Bonchev–Trinajstić information content (AvgIpc) is 2.63. The molecule has 0 heterocycles. The number of nitrogens with one attached hydrogen (secondary N) is 1. The molecule has 156 valence electrons. The Kier molecular flexibility index (Phi) is 7.22. The number of carbonyl (C=O) groups is 2. The van der Waals surface area contributed by atoms with E-state index in [-0.39, 0.29) is 35.3 Å². The standard InChI is InChI=1S/C20H30N2O5S/c1-20(2,3)16-8-6-15(7-9-16)19(24)27-13-18(23)22-12-14-4-10-17(11-5-14)28(21,25)26/h4-5,10-11,15-16H,6-9,12-13H2,1-3H3,(H,22,23)(H2,21,25,26). The number of sulfonamides is 1. The van der Waals surface area contributed by atoms with Gasteiger partial charge in [0.05, 0.1) is 10.8 Å². The van der Waals surface area contributed by atoms with E-state index in [0.29, 0.717) is 11.5 Å². The minimum atomic E-state index is -3.74. The Morgan fingerprint density at radius 2 is 1.68 bits per heavy atom. The van der Waals surface area contributed by atoms with Gasteiger partial charge >= 0.3 is 5.97 Å². The highest BCUT2D eigenvalue weighted by molar-refractivity contribution is 7.89. The number of primary sulfonamides is 1. The highest BCUT2D eigenvalue weighted by Crippen LogP contribution is 2.40. The molecule has 8 heteroatoms. The Morgan fingerprint density at radius 3 is 2.18 bits per heavy atom. The van der Waals surface area contributed by atoms with E-state index in [9.17, 15) is 18.0 Å². The van der Waals surface area contributed by atoms with E-state index in [1.807, 2.05) is 0 Å². The van der Waals surface area contributed by atoms with Crippen molar-refractivity contribution in [3.05, 3.63) is 29.8 Å². The lowest BCUT2D eigenvalue weighted by molar-refractivity contribution is -0.154. The molecule has 1 amide bonds. The molecule has 0 unspecified atom stereocenters. The molecule has 0 atom stereocenters. The zero-order valence-electron chi connectivity index (χ0n) is 16.7. The molecule has 1 fully saturated rings. The summed E-state index contributed by atoms with van der Waals surface area (Å²) in [6.45, 7) is 6.57.